The van der Waals surface area contributed by atoms with E-state index >= 15 is 0 Å². The second-order valence-electron chi connectivity index (χ2n) is 5.76. The van der Waals surface area contributed by atoms with Crippen molar-refractivity contribution in [3.8, 4) is 5.69 Å². The van der Waals surface area contributed by atoms with E-state index in [0.29, 0.717) is 10.9 Å². The summed E-state index contributed by atoms with van der Waals surface area (Å²) in [7, 11) is 0. The first-order chi connectivity index (χ1) is 10.1. The zero-order chi connectivity index (χ0) is 14.8. The van der Waals surface area contributed by atoms with Crippen LogP contribution in [0, 0.1) is 5.92 Å². The van der Waals surface area contributed by atoms with E-state index < -0.39 is 0 Å². The van der Waals surface area contributed by atoms with Gasteiger partial charge in [0.2, 0.25) is 0 Å². The Balaban J connectivity index is 0.00000176. The Kier molecular flexibility index (Phi) is 5.81. The highest BCUT2D eigenvalue weighted by atomic mass is 35.5. The molecule has 1 fully saturated rings. The minimum atomic E-state index is 0. The maximum absolute atomic E-state index is 6.12. The monoisotopic (exact) mass is 341 g/mol. The molecule has 1 aliphatic heterocycles. The standard InChI is InChI=1S/C15H20ClN5.ClH/c1-11(17)12-4-5-20(7-12)8-13-2-3-14(16)6-15(13)21-10-18-9-19-21;/h2-3,6,9-12H,4-5,7-8,17H2,1H3;1H. The fraction of sp³-hybridized carbons (Fsp3) is 0.467. The molecule has 1 aromatic carbocycles. The number of nitrogens with two attached hydrogens (primary N) is 1. The molecule has 3 rings (SSSR count). The Morgan fingerprint density at radius 3 is 2.91 bits per heavy atom. The predicted octanol–water partition coefficient (Wildman–Crippen LogP) is 2.51. The molecule has 0 bridgehead atoms. The van der Waals surface area contributed by atoms with Crippen LogP contribution in [0.15, 0.2) is 30.9 Å². The van der Waals surface area contributed by atoms with Gasteiger partial charge in [-0.25, -0.2) is 9.67 Å². The molecule has 2 atom stereocenters. The minimum Gasteiger partial charge on any atom is -0.328 e. The molecule has 0 amide bonds. The third-order valence-corrected chi connectivity index (χ3v) is 4.39. The molecule has 1 aromatic heterocycles. The van der Waals surface area contributed by atoms with E-state index in [9.17, 15) is 0 Å². The summed E-state index contributed by atoms with van der Waals surface area (Å²) in [6, 6.07) is 6.19. The second-order valence-corrected chi connectivity index (χ2v) is 6.19. The van der Waals surface area contributed by atoms with Gasteiger partial charge >= 0.3 is 0 Å². The van der Waals surface area contributed by atoms with E-state index in [2.05, 4.69) is 28.0 Å². The fourth-order valence-corrected chi connectivity index (χ4v) is 3.06. The molecular weight excluding hydrogens is 321 g/mol. The zero-order valence-electron chi connectivity index (χ0n) is 12.5. The van der Waals surface area contributed by atoms with Gasteiger partial charge < -0.3 is 5.73 Å². The predicted molar refractivity (Wildman–Crippen MR) is 90.7 cm³/mol. The van der Waals surface area contributed by atoms with Gasteiger partial charge in [-0.05, 0) is 43.5 Å². The lowest BCUT2D eigenvalue weighted by Gasteiger charge is -2.19. The summed E-state index contributed by atoms with van der Waals surface area (Å²) < 4.78 is 1.76. The van der Waals surface area contributed by atoms with Gasteiger partial charge in [0.15, 0.2) is 0 Å². The number of halogens is 2. The first-order valence-electron chi connectivity index (χ1n) is 7.25. The summed E-state index contributed by atoms with van der Waals surface area (Å²) in [6.45, 7) is 5.12. The number of aromatic nitrogens is 3. The van der Waals surface area contributed by atoms with Crippen LogP contribution in [0.5, 0.6) is 0 Å². The van der Waals surface area contributed by atoms with Gasteiger partial charge in [0.05, 0.1) is 5.69 Å². The molecule has 5 nitrogen and oxygen atoms in total. The van der Waals surface area contributed by atoms with Crippen LogP contribution in [0.1, 0.15) is 18.9 Å². The molecule has 1 aliphatic rings. The third-order valence-electron chi connectivity index (χ3n) is 4.16. The van der Waals surface area contributed by atoms with Crippen LogP contribution in [-0.4, -0.2) is 38.8 Å². The van der Waals surface area contributed by atoms with E-state index in [0.717, 1.165) is 25.3 Å². The second kappa shape index (κ2) is 7.42. The summed E-state index contributed by atoms with van der Waals surface area (Å²) in [5, 5.41) is 4.92. The number of nitrogens with zero attached hydrogens (tertiary/aromatic N) is 4. The summed E-state index contributed by atoms with van der Waals surface area (Å²) in [4.78, 5) is 6.46. The largest absolute Gasteiger partial charge is 0.328 e. The van der Waals surface area contributed by atoms with Crippen molar-refractivity contribution >= 4 is 24.0 Å². The Labute approximate surface area is 141 Å². The van der Waals surface area contributed by atoms with Gasteiger partial charge in [0.1, 0.15) is 12.7 Å². The lowest BCUT2D eigenvalue weighted by Crippen LogP contribution is -2.29. The first-order valence-corrected chi connectivity index (χ1v) is 7.62. The van der Waals surface area contributed by atoms with Gasteiger partial charge in [-0.1, -0.05) is 17.7 Å². The molecule has 0 aliphatic carbocycles. The number of benzene rings is 1. The summed E-state index contributed by atoms with van der Waals surface area (Å²) >= 11 is 6.12. The van der Waals surface area contributed by atoms with Crippen molar-refractivity contribution in [2.24, 2.45) is 11.7 Å². The van der Waals surface area contributed by atoms with Crippen molar-refractivity contribution in [3.05, 3.63) is 41.4 Å². The van der Waals surface area contributed by atoms with Crippen LogP contribution in [0.25, 0.3) is 5.69 Å². The van der Waals surface area contributed by atoms with E-state index in [1.54, 1.807) is 11.0 Å². The van der Waals surface area contributed by atoms with Crippen molar-refractivity contribution < 1.29 is 0 Å². The molecule has 2 heterocycles. The average Bonchev–Trinajstić information content (AvgIpc) is 3.11. The molecule has 2 unspecified atom stereocenters. The van der Waals surface area contributed by atoms with Crippen LogP contribution in [0.2, 0.25) is 5.02 Å². The number of rotatable bonds is 4. The van der Waals surface area contributed by atoms with Gasteiger partial charge in [0.25, 0.3) is 0 Å². The molecule has 2 aromatic rings. The maximum atomic E-state index is 6.12. The number of hydrogen-bond acceptors (Lipinski definition) is 4. The van der Waals surface area contributed by atoms with Crippen LogP contribution >= 0.6 is 24.0 Å². The van der Waals surface area contributed by atoms with Crippen LogP contribution < -0.4 is 5.73 Å². The quantitative estimate of drug-likeness (QED) is 0.928. The Hall–Kier alpha value is -1.14. The normalized spacial score (nSPS) is 19.9. The Morgan fingerprint density at radius 2 is 2.27 bits per heavy atom. The Bertz CT molecular complexity index is 600. The molecule has 22 heavy (non-hydrogen) atoms. The van der Waals surface area contributed by atoms with Gasteiger partial charge in [-0.3, -0.25) is 4.90 Å². The summed E-state index contributed by atoms with van der Waals surface area (Å²) in [5.41, 5.74) is 8.21. The van der Waals surface area contributed by atoms with Crippen LogP contribution in [0.3, 0.4) is 0 Å². The topological polar surface area (TPSA) is 60.0 Å². The van der Waals surface area contributed by atoms with E-state index in [1.807, 2.05) is 12.1 Å². The number of likely N-dealkylation sites (tertiary alicyclic amines) is 1. The Morgan fingerprint density at radius 1 is 1.45 bits per heavy atom. The summed E-state index contributed by atoms with van der Waals surface area (Å²) in [5.74, 6) is 0.590. The third kappa shape index (κ3) is 3.79. The van der Waals surface area contributed by atoms with Crippen molar-refractivity contribution in [2.75, 3.05) is 13.1 Å². The van der Waals surface area contributed by atoms with Crippen molar-refractivity contribution in [1.82, 2.24) is 19.7 Å². The highest BCUT2D eigenvalue weighted by molar-refractivity contribution is 6.30. The van der Waals surface area contributed by atoms with E-state index in [1.165, 1.54) is 18.3 Å². The SMILES string of the molecule is CC(N)C1CCN(Cc2ccc(Cl)cc2-n2cncn2)C1.Cl. The highest BCUT2D eigenvalue weighted by Crippen LogP contribution is 2.25. The van der Waals surface area contributed by atoms with E-state index in [-0.39, 0.29) is 18.4 Å². The molecule has 0 radical (unpaired) electrons. The van der Waals surface area contributed by atoms with Crippen molar-refractivity contribution in [2.45, 2.75) is 25.9 Å². The lowest BCUT2D eigenvalue weighted by molar-refractivity contribution is 0.308. The van der Waals surface area contributed by atoms with Gasteiger partial charge in [-0.2, -0.15) is 5.10 Å². The van der Waals surface area contributed by atoms with Crippen LogP contribution in [0.4, 0.5) is 0 Å². The summed E-state index contributed by atoms with van der Waals surface area (Å²) in [6.07, 6.45) is 4.40. The fourth-order valence-electron chi connectivity index (χ4n) is 2.89. The maximum Gasteiger partial charge on any atom is 0.138 e. The number of hydrogen-bond donors (Lipinski definition) is 1. The van der Waals surface area contributed by atoms with E-state index in [4.69, 9.17) is 17.3 Å². The zero-order valence-corrected chi connectivity index (χ0v) is 14.1. The molecule has 1 saturated heterocycles. The van der Waals surface area contributed by atoms with Crippen molar-refractivity contribution in [1.29, 1.82) is 0 Å². The first kappa shape index (κ1) is 17.2. The minimum absolute atomic E-state index is 0. The van der Waals surface area contributed by atoms with Crippen molar-refractivity contribution in [3.63, 3.8) is 0 Å². The molecule has 0 spiro atoms. The van der Waals surface area contributed by atoms with Gasteiger partial charge in [0, 0.05) is 24.2 Å². The molecular formula is C15H21Cl2N5. The smallest absolute Gasteiger partial charge is 0.138 e. The molecule has 2 N–H and O–H groups in total. The lowest BCUT2D eigenvalue weighted by atomic mass is 10.0. The van der Waals surface area contributed by atoms with Gasteiger partial charge in [-0.15, -0.1) is 12.4 Å². The molecule has 0 saturated carbocycles. The highest BCUT2D eigenvalue weighted by Gasteiger charge is 2.25. The average molecular weight is 342 g/mol. The van der Waals surface area contributed by atoms with Crippen LogP contribution in [-0.2, 0) is 6.54 Å². The molecule has 7 heteroatoms. The molecule has 120 valence electrons.